The van der Waals surface area contributed by atoms with Crippen LogP contribution in [0.1, 0.15) is 33.2 Å². The number of hydrogen-bond acceptors (Lipinski definition) is 3. The van der Waals surface area contributed by atoms with E-state index in [1.807, 2.05) is 42.0 Å². The zero-order valence-corrected chi connectivity index (χ0v) is 21.5. The van der Waals surface area contributed by atoms with Gasteiger partial charge in [0.25, 0.3) is 5.91 Å². The van der Waals surface area contributed by atoms with Gasteiger partial charge >= 0.3 is 0 Å². The van der Waals surface area contributed by atoms with E-state index in [0.29, 0.717) is 22.4 Å². The highest BCUT2D eigenvalue weighted by atomic mass is 19.1. The number of aromatic nitrogens is 2. The number of halogens is 3. The van der Waals surface area contributed by atoms with Gasteiger partial charge in [-0.1, -0.05) is 24.3 Å². The fourth-order valence-corrected chi connectivity index (χ4v) is 4.83. The van der Waals surface area contributed by atoms with Crippen molar-refractivity contribution in [3.8, 4) is 11.1 Å². The molecule has 2 heterocycles. The Balaban J connectivity index is 1.53. The summed E-state index contributed by atoms with van der Waals surface area (Å²) in [7, 11) is 0. The number of carbonyl (C=O) groups is 2. The van der Waals surface area contributed by atoms with Crippen molar-refractivity contribution in [3.63, 3.8) is 0 Å². The lowest BCUT2D eigenvalue weighted by Gasteiger charge is -2.22. The fraction of sp³-hybridized carbons (Fsp3) is 0.129. The number of aryl methyl sites for hydroxylation is 1. The molecule has 9 heteroatoms. The first-order valence-corrected chi connectivity index (χ1v) is 12.5. The average Bonchev–Trinajstić information content (AvgIpc) is 3.29. The minimum Gasteiger partial charge on any atom is -0.366 e. The van der Waals surface area contributed by atoms with Gasteiger partial charge in [-0.15, -0.1) is 0 Å². The number of pyridine rings is 1. The Morgan fingerprint density at radius 1 is 0.975 bits per heavy atom. The Kier molecular flexibility index (Phi) is 7.37. The van der Waals surface area contributed by atoms with Gasteiger partial charge in [0.05, 0.1) is 17.3 Å². The normalized spacial score (nSPS) is 11.9. The van der Waals surface area contributed by atoms with Crippen LogP contribution in [0.2, 0.25) is 0 Å². The molecule has 3 N–H and O–H groups in total. The standard InChI is InChI=1S/C31H25F3N4O2/c1-18-4-5-20-8-10-38(28(20)11-18)17-29(39)37-27(14-19-12-22(32)16-23(33)13-19)30-24(3-2-9-36-30)21-6-7-26(34)25(15-21)31(35)40/h2-13,15-16,27H,14,17H2,1H3,(H2,35,40)(H,37,39)/t27-/m0/s1. The summed E-state index contributed by atoms with van der Waals surface area (Å²) in [5, 5.41) is 3.95. The molecule has 1 atom stereocenters. The van der Waals surface area contributed by atoms with E-state index in [2.05, 4.69) is 10.3 Å². The molecule has 5 rings (SSSR count). The number of nitrogens with two attached hydrogens (primary N) is 1. The summed E-state index contributed by atoms with van der Waals surface area (Å²) >= 11 is 0. The molecular weight excluding hydrogens is 517 g/mol. The van der Waals surface area contributed by atoms with Crippen LogP contribution in [0.4, 0.5) is 13.2 Å². The Morgan fingerprint density at radius 3 is 2.50 bits per heavy atom. The van der Waals surface area contributed by atoms with Crippen LogP contribution < -0.4 is 11.1 Å². The molecule has 6 nitrogen and oxygen atoms in total. The summed E-state index contributed by atoms with van der Waals surface area (Å²) in [4.78, 5) is 29.6. The van der Waals surface area contributed by atoms with Crippen molar-refractivity contribution in [2.45, 2.75) is 25.9 Å². The molecule has 0 aliphatic heterocycles. The maximum absolute atomic E-state index is 14.2. The molecule has 2 amide bonds. The van der Waals surface area contributed by atoms with Crippen LogP contribution in [0.5, 0.6) is 0 Å². The molecule has 202 valence electrons. The number of amides is 2. The third kappa shape index (κ3) is 5.73. The van der Waals surface area contributed by atoms with Crippen LogP contribution in [0, 0.1) is 24.4 Å². The highest BCUT2D eigenvalue weighted by molar-refractivity contribution is 5.94. The molecule has 0 fully saturated rings. The van der Waals surface area contributed by atoms with E-state index < -0.39 is 29.4 Å². The van der Waals surface area contributed by atoms with E-state index in [-0.39, 0.29) is 24.4 Å². The van der Waals surface area contributed by atoms with Crippen molar-refractivity contribution in [3.05, 3.63) is 125 Å². The molecule has 0 unspecified atom stereocenters. The molecule has 0 saturated heterocycles. The number of carbonyl (C=O) groups excluding carboxylic acids is 2. The monoisotopic (exact) mass is 542 g/mol. The third-order valence-electron chi connectivity index (χ3n) is 6.65. The number of benzene rings is 3. The zero-order valence-electron chi connectivity index (χ0n) is 21.5. The van der Waals surface area contributed by atoms with E-state index >= 15 is 0 Å². The maximum atomic E-state index is 14.2. The summed E-state index contributed by atoms with van der Waals surface area (Å²) in [5.41, 5.74) is 8.60. The predicted octanol–water partition coefficient (Wildman–Crippen LogP) is 5.63. The lowest BCUT2D eigenvalue weighted by molar-refractivity contribution is -0.122. The van der Waals surface area contributed by atoms with Crippen molar-refractivity contribution in [1.82, 2.24) is 14.9 Å². The summed E-state index contributed by atoms with van der Waals surface area (Å²) in [6.45, 7) is 1.96. The van der Waals surface area contributed by atoms with Crippen molar-refractivity contribution in [1.29, 1.82) is 0 Å². The van der Waals surface area contributed by atoms with E-state index in [9.17, 15) is 22.8 Å². The first-order chi connectivity index (χ1) is 19.2. The van der Waals surface area contributed by atoms with Gasteiger partial charge < -0.3 is 15.6 Å². The Morgan fingerprint density at radius 2 is 1.75 bits per heavy atom. The minimum absolute atomic E-state index is 0.00843. The highest BCUT2D eigenvalue weighted by Gasteiger charge is 2.23. The first kappa shape index (κ1) is 26.7. The molecule has 3 aromatic carbocycles. The topological polar surface area (TPSA) is 90.0 Å². The minimum atomic E-state index is -0.931. The van der Waals surface area contributed by atoms with Crippen molar-refractivity contribution >= 4 is 22.7 Å². The quantitative estimate of drug-likeness (QED) is 0.266. The third-order valence-corrected chi connectivity index (χ3v) is 6.65. The Labute approximate surface area is 228 Å². The molecule has 0 radical (unpaired) electrons. The first-order valence-electron chi connectivity index (χ1n) is 12.5. The molecule has 0 bridgehead atoms. The number of nitrogens with one attached hydrogen (secondary N) is 1. The summed E-state index contributed by atoms with van der Waals surface area (Å²) < 4.78 is 44.1. The largest absolute Gasteiger partial charge is 0.366 e. The molecular formula is C31H25F3N4O2. The average molecular weight is 543 g/mol. The lowest BCUT2D eigenvalue weighted by Crippen LogP contribution is -2.33. The Hall–Kier alpha value is -4.92. The number of hydrogen-bond donors (Lipinski definition) is 2. The number of rotatable bonds is 8. The van der Waals surface area contributed by atoms with Crippen molar-refractivity contribution in [2.24, 2.45) is 5.73 Å². The number of fused-ring (bicyclic) bond motifs is 1. The van der Waals surface area contributed by atoms with Gasteiger partial charge in [-0.2, -0.15) is 0 Å². The summed E-state index contributed by atoms with van der Waals surface area (Å²) in [6, 6.07) is 17.5. The van der Waals surface area contributed by atoms with E-state index in [0.717, 1.165) is 28.6 Å². The summed E-state index contributed by atoms with van der Waals surface area (Å²) in [6.07, 6.45) is 3.35. The van der Waals surface area contributed by atoms with Crippen LogP contribution in [-0.2, 0) is 17.8 Å². The van der Waals surface area contributed by atoms with Gasteiger partial charge in [-0.3, -0.25) is 14.6 Å². The SMILES string of the molecule is Cc1ccc2ccn(CC(=O)N[C@@H](Cc3cc(F)cc(F)c3)c3ncccc3-c3ccc(F)c(C(N)=O)c3)c2c1. The lowest BCUT2D eigenvalue weighted by atomic mass is 9.94. The van der Waals surface area contributed by atoms with Crippen LogP contribution in [-0.4, -0.2) is 21.4 Å². The van der Waals surface area contributed by atoms with Gasteiger partial charge in [-0.05, 0) is 77.9 Å². The highest BCUT2D eigenvalue weighted by Crippen LogP contribution is 2.30. The second-order valence-electron chi connectivity index (χ2n) is 9.60. The molecule has 0 aliphatic rings. The van der Waals surface area contributed by atoms with E-state index in [1.165, 1.54) is 30.5 Å². The molecule has 2 aromatic heterocycles. The Bertz CT molecular complexity index is 1730. The van der Waals surface area contributed by atoms with Gasteiger partial charge in [0.15, 0.2) is 0 Å². The van der Waals surface area contributed by atoms with Crippen LogP contribution in [0.3, 0.4) is 0 Å². The van der Waals surface area contributed by atoms with Gasteiger partial charge in [0.2, 0.25) is 5.91 Å². The second-order valence-corrected chi connectivity index (χ2v) is 9.60. The van der Waals surface area contributed by atoms with Crippen LogP contribution in [0.25, 0.3) is 22.0 Å². The fourth-order valence-electron chi connectivity index (χ4n) is 4.83. The second kappa shape index (κ2) is 11.1. The zero-order chi connectivity index (χ0) is 28.4. The molecule has 5 aromatic rings. The van der Waals surface area contributed by atoms with Crippen LogP contribution >= 0.6 is 0 Å². The van der Waals surface area contributed by atoms with Crippen LogP contribution in [0.15, 0.2) is 85.2 Å². The van der Waals surface area contributed by atoms with Crippen molar-refractivity contribution < 1.29 is 22.8 Å². The molecule has 0 spiro atoms. The van der Waals surface area contributed by atoms with Gasteiger partial charge in [-0.25, -0.2) is 13.2 Å². The predicted molar refractivity (Wildman–Crippen MR) is 146 cm³/mol. The molecule has 0 aliphatic carbocycles. The van der Waals surface area contributed by atoms with E-state index in [4.69, 9.17) is 5.73 Å². The number of nitrogens with zero attached hydrogens (tertiary/aromatic N) is 2. The molecule has 0 saturated carbocycles. The van der Waals surface area contributed by atoms with Crippen molar-refractivity contribution in [2.75, 3.05) is 0 Å². The smallest absolute Gasteiger partial charge is 0.251 e. The van der Waals surface area contributed by atoms with Gasteiger partial charge in [0.1, 0.15) is 24.0 Å². The van der Waals surface area contributed by atoms with Gasteiger partial charge in [0, 0.05) is 29.5 Å². The molecule has 40 heavy (non-hydrogen) atoms. The van der Waals surface area contributed by atoms with E-state index in [1.54, 1.807) is 12.1 Å². The summed E-state index contributed by atoms with van der Waals surface area (Å²) in [5.74, 6) is -3.55. The maximum Gasteiger partial charge on any atom is 0.251 e. The number of primary amides is 1.